The Morgan fingerprint density at radius 1 is 0.220 bits per heavy atom. The van der Waals surface area contributed by atoms with Crippen LogP contribution in [-0.2, 0) is 10.8 Å². The van der Waals surface area contributed by atoms with E-state index in [-0.39, 0.29) is 0 Å². The second-order valence-corrected chi connectivity index (χ2v) is 22.9. The SMILES string of the molecule is c1cc(-c2cccc3c4ccc5oc6ccccc6c5c4c4ccccc4c23)cc(N(c2ccc3c(c2)C2(c4ccccc4-c4ccccc42)c2ccccc2-3)c2ccc3c(c2)C2(c4ccccc4-c4ccccc42)c2ccccc2-3)c1. The van der Waals surface area contributed by atoms with Crippen LogP contribution in [-0.4, -0.2) is 0 Å². The zero-order chi connectivity index (χ0) is 53.4. The van der Waals surface area contributed by atoms with Crippen molar-refractivity contribution in [1.29, 1.82) is 0 Å². The van der Waals surface area contributed by atoms with Gasteiger partial charge in [-0.1, -0.05) is 231 Å². The number of furan rings is 1. The zero-order valence-electron chi connectivity index (χ0n) is 44.5. The number of benzene rings is 14. The second kappa shape index (κ2) is 16.1. The van der Waals surface area contributed by atoms with Gasteiger partial charge in [0.2, 0.25) is 0 Å². The van der Waals surface area contributed by atoms with E-state index < -0.39 is 10.8 Å². The predicted molar refractivity (Wildman–Crippen MR) is 339 cm³/mol. The van der Waals surface area contributed by atoms with Crippen molar-refractivity contribution < 1.29 is 4.42 Å². The summed E-state index contributed by atoms with van der Waals surface area (Å²) >= 11 is 0. The zero-order valence-corrected chi connectivity index (χ0v) is 44.5. The lowest BCUT2D eigenvalue weighted by Gasteiger charge is -2.33. The van der Waals surface area contributed by atoms with Crippen molar-refractivity contribution in [2.75, 3.05) is 4.90 Å². The van der Waals surface area contributed by atoms with Gasteiger partial charge in [-0.05, 0) is 182 Å². The largest absolute Gasteiger partial charge is 0.456 e. The maximum Gasteiger partial charge on any atom is 0.136 e. The van der Waals surface area contributed by atoms with E-state index in [2.05, 4.69) is 290 Å². The van der Waals surface area contributed by atoms with Gasteiger partial charge in [-0.25, -0.2) is 0 Å². The monoisotopic (exact) mass is 1040 g/mol. The highest BCUT2D eigenvalue weighted by Gasteiger charge is 2.53. The van der Waals surface area contributed by atoms with Crippen molar-refractivity contribution in [3.05, 3.63) is 330 Å². The van der Waals surface area contributed by atoms with Crippen LogP contribution in [0.5, 0.6) is 0 Å². The van der Waals surface area contributed by atoms with E-state index in [9.17, 15) is 0 Å². The molecule has 1 heterocycles. The first kappa shape index (κ1) is 44.3. The highest BCUT2D eigenvalue weighted by molar-refractivity contribution is 6.36. The summed E-state index contributed by atoms with van der Waals surface area (Å²) in [6.07, 6.45) is 0. The lowest BCUT2D eigenvalue weighted by atomic mass is 9.70. The third kappa shape index (κ3) is 5.45. The fourth-order valence-electron chi connectivity index (χ4n) is 16.3. The summed E-state index contributed by atoms with van der Waals surface area (Å²) in [4.78, 5) is 2.55. The Morgan fingerprint density at radius 3 is 1.09 bits per heavy atom. The van der Waals surface area contributed by atoms with E-state index >= 15 is 0 Å². The predicted octanol–water partition coefficient (Wildman–Crippen LogP) is 20.9. The summed E-state index contributed by atoms with van der Waals surface area (Å²) in [5.41, 5.74) is 27.4. The van der Waals surface area contributed by atoms with Gasteiger partial charge in [0.15, 0.2) is 0 Å². The molecule has 378 valence electrons. The molecule has 4 aliphatic rings. The molecule has 0 N–H and O–H groups in total. The van der Waals surface area contributed by atoms with Gasteiger partial charge in [0.1, 0.15) is 11.2 Å². The van der Waals surface area contributed by atoms with E-state index in [0.29, 0.717) is 0 Å². The van der Waals surface area contributed by atoms with Crippen LogP contribution in [0.3, 0.4) is 0 Å². The first-order chi connectivity index (χ1) is 40.7. The smallest absolute Gasteiger partial charge is 0.136 e. The third-order valence-corrected chi connectivity index (χ3v) is 19.3. The molecule has 4 aliphatic carbocycles. The van der Waals surface area contributed by atoms with Gasteiger partial charge in [-0.3, -0.25) is 0 Å². The number of fused-ring (bicyclic) bond motifs is 30. The summed E-state index contributed by atoms with van der Waals surface area (Å²) in [6.45, 7) is 0. The first-order valence-corrected chi connectivity index (χ1v) is 28.7. The van der Waals surface area contributed by atoms with Gasteiger partial charge in [0.05, 0.1) is 10.8 Å². The van der Waals surface area contributed by atoms with Gasteiger partial charge in [-0.15, -0.1) is 0 Å². The standard InChI is InChI=1S/C80H47NO/c1-2-28-63-61(27-1)76-52(30-18-31-62(76)64-43-44-75-78(77(63)64)65-29-9-16-38-74(65)82-75)48-19-17-20-49(45-48)81(50-39-41-59-57-25-7-14-36-70(57)79(72(59)46-50)66-32-10-3-21-53(66)54-22-4-11-33-67(54)79)51-40-42-60-58-26-8-15-37-71(58)80(73(60)47-51)68-34-12-5-23-55(68)56-24-6-13-35-69(56)80/h1-47H. The molecular formula is C80H47NO. The molecule has 0 amide bonds. The minimum absolute atomic E-state index is 0.509. The Hall–Kier alpha value is -10.5. The molecular weight excluding hydrogens is 991 g/mol. The summed E-state index contributed by atoms with van der Waals surface area (Å²) in [6, 6.07) is 108. The molecule has 0 saturated heterocycles. The van der Waals surface area contributed by atoms with Crippen LogP contribution in [0.2, 0.25) is 0 Å². The molecule has 2 heteroatoms. The minimum atomic E-state index is -0.509. The second-order valence-electron chi connectivity index (χ2n) is 22.9. The van der Waals surface area contributed by atoms with Crippen LogP contribution < -0.4 is 4.90 Å². The van der Waals surface area contributed by atoms with Crippen LogP contribution in [0.25, 0.3) is 110 Å². The van der Waals surface area contributed by atoms with E-state index in [0.717, 1.165) is 39.2 Å². The van der Waals surface area contributed by atoms with E-state index in [1.807, 2.05) is 0 Å². The average Bonchev–Trinajstić information content (AvgIpc) is 1.64. The number of hydrogen-bond donors (Lipinski definition) is 0. The molecule has 0 radical (unpaired) electrons. The molecule has 0 aliphatic heterocycles. The Morgan fingerprint density at radius 2 is 0.585 bits per heavy atom. The summed E-state index contributed by atoms with van der Waals surface area (Å²) < 4.78 is 6.52. The molecule has 0 atom stereocenters. The van der Waals surface area contributed by atoms with Gasteiger partial charge in [0, 0.05) is 33.2 Å². The Kier molecular flexibility index (Phi) is 8.69. The fourth-order valence-corrected chi connectivity index (χ4v) is 16.3. The van der Waals surface area contributed by atoms with Crippen molar-refractivity contribution >= 4 is 71.3 Å². The maximum atomic E-state index is 6.52. The number of anilines is 3. The minimum Gasteiger partial charge on any atom is -0.456 e. The first-order valence-electron chi connectivity index (χ1n) is 28.7. The number of nitrogens with zero attached hydrogens (tertiary/aromatic N) is 1. The van der Waals surface area contributed by atoms with Crippen LogP contribution in [0.4, 0.5) is 17.1 Å². The van der Waals surface area contributed by atoms with Gasteiger partial charge in [0.25, 0.3) is 0 Å². The molecule has 82 heavy (non-hydrogen) atoms. The van der Waals surface area contributed by atoms with Crippen molar-refractivity contribution in [2.45, 2.75) is 10.8 Å². The van der Waals surface area contributed by atoms with E-state index in [1.165, 1.54) is 132 Å². The third-order valence-electron chi connectivity index (χ3n) is 19.3. The van der Waals surface area contributed by atoms with Gasteiger partial charge < -0.3 is 9.32 Å². The van der Waals surface area contributed by atoms with Gasteiger partial charge >= 0.3 is 0 Å². The topological polar surface area (TPSA) is 16.4 Å². The lowest BCUT2D eigenvalue weighted by Crippen LogP contribution is -2.26. The number of rotatable bonds is 4. The molecule has 1 aromatic heterocycles. The molecule has 15 aromatic rings. The van der Waals surface area contributed by atoms with Crippen LogP contribution >= 0.6 is 0 Å². The molecule has 14 aromatic carbocycles. The molecule has 2 nitrogen and oxygen atoms in total. The normalized spacial score (nSPS) is 14.0. The van der Waals surface area contributed by atoms with Crippen LogP contribution in [0.1, 0.15) is 44.5 Å². The van der Waals surface area contributed by atoms with Crippen LogP contribution in [0, 0.1) is 0 Å². The molecule has 0 saturated carbocycles. The highest BCUT2D eigenvalue weighted by atomic mass is 16.3. The quantitative estimate of drug-likeness (QED) is 0.163. The molecule has 0 unspecified atom stereocenters. The van der Waals surface area contributed by atoms with Crippen molar-refractivity contribution in [2.24, 2.45) is 0 Å². The van der Waals surface area contributed by atoms with E-state index in [1.54, 1.807) is 0 Å². The highest BCUT2D eigenvalue weighted by Crippen LogP contribution is 2.66. The van der Waals surface area contributed by atoms with Crippen molar-refractivity contribution in [3.8, 4) is 55.6 Å². The molecule has 19 rings (SSSR count). The maximum absolute atomic E-state index is 6.52. The molecule has 0 fully saturated rings. The van der Waals surface area contributed by atoms with Gasteiger partial charge in [-0.2, -0.15) is 0 Å². The Balaban J connectivity index is 0.881. The Bertz CT molecular complexity index is 4970. The average molecular weight is 1040 g/mol. The fraction of sp³-hybridized carbons (Fsp3) is 0.0250. The number of para-hydroxylation sites is 1. The van der Waals surface area contributed by atoms with E-state index in [4.69, 9.17) is 4.42 Å². The molecule has 2 spiro atoms. The Labute approximate surface area is 474 Å². The summed E-state index contributed by atoms with van der Waals surface area (Å²) in [5.74, 6) is 0. The molecule has 0 bridgehead atoms. The lowest BCUT2D eigenvalue weighted by molar-refractivity contribution is 0.669. The van der Waals surface area contributed by atoms with Crippen LogP contribution in [0.15, 0.2) is 290 Å². The summed E-state index contributed by atoms with van der Waals surface area (Å²) in [7, 11) is 0. The van der Waals surface area contributed by atoms with Crippen molar-refractivity contribution in [1.82, 2.24) is 0 Å². The van der Waals surface area contributed by atoms with Crippen molar-refractivity contribution in [3.63, 3.8) is 0 Å². The number of hydrogen-bond acceptors (Lipinski definition) is 2. The summed E-state index contributed by atoms with van der Waals surface area (Å²) in [5, 5.41) is 9.67.